The number of carbonyl (C=O) groups is 1. The van der Waals surface area contributed by atoms with E-state index in [1.54, 1.807) is 0 Å². The molecule has 4 nitrogen and oxygen atoms in total. The number of amides is 1. The summed E-state index contributed by atoms with van der Waals surface area (Å²) in [6.07, 6.45) is 3.17. The van der Waals surface area contributed by atoms with E-state index in [0.29, 0.717) is 23.1 Å². The molecule has 1 unspecified atom stereocenters. The summed E-state index contributed by atoms with van der Waals surface area (Å²) < 4.78 is 15.3. The molecule has 0 saturated carbocycles. The van der Waals surface area contributed by atoms with Crippen molar-refractivity contribution < 1.29 is 9.18 Å². The maximum atomic E-state index is 15.3. The van der Waals surface area contributed by atoms with Crippen LogP contribution >= 0.6 is 11.8 Å². The van der Waals surface area contributed by atoms with Crippen LogP contribution in [-0.2, 0) is 24.2 Å². The average Bonchev–Trinajstić information content (AvgIpc) is 3.28. The van der Waals surface area contributed by atoms with Crippen LogP contribution in [0.4, 0.5) is 21.5 Å². The van der Waals surface area contributed by atoms with Crippen LogP contribution in [0.3, 0.4) is 0 Å². The Bertz CT molecular complexity index is 1150. The van der Waals surface area contributed by atoms with Gasteiger partial charge in [0.1, 0.15) is 0 Å². The van der Waals surface area contributed by atoms with E-state index in [0.717, 1.165) is 42.3 Å². The van der Waals surface area contributed by atoms with Gasteiger partial charge in [0.25, 0.3) is 5.91 Å². The quantitative estimate of drug-likeness (QED) is 0.580. The highest BCUT2D eigenvalue weighted by molar-refractivity contribution is 8.14. The van der Waals surface area contributed by atoms with Crippen LogP contribution in [-0.4, -0.2) is 16.6 Å². The molecule has 0 saturated heterocycles. The molecule has 31 heavy (non-hydrogen) atoms. The summed E-state index contributed by atoms with van der Waals surface area (Å²) in [5.74, 6) is -0.613. The van der Waals surface area contributed by atoms with E-state index in [9.17, 15) is 4.79 Å². The summed E-state index contributed by atoms with van der Waals surface area (Å²) in [6, 6.07) is 23.0. The number of aryl methyl sites for hydroxylation is 2. The average molecular weight is 432 g/mol. The molecule has 1 heterocycles. The third kappa shape index (κ3) is 4.08. The molecule has 3 aromatic carbocycles. The van der Waals surface area contributed by atoms with Gasteiger partial charge in [-0.25, -0.2) is 9.38 Å². The third-order valence-corrected chi connectivity index (χ3v) is 6.50. The Balaban J connectivity index is 1.43. The monoisotopic (exact) mass is 431 g/mol. The van der Waals surface area contributed by atoms with E-state index >= 15 is 4.39 Å². The van der Waals surface area contributed by atoms with Gasteiger partial charge >= 0.3 is 0 Å². The topological polar surface area (TPSA) is 44.7 Å². The minimum atomic E-state index is -1.79. The van der Waals surface area contributed by atoms with Crippen LogP contribution in [0.2, 0.25) is 0 Å². The number of fused-ring (bicyclic) bond motifs is 2. The van der Waals surface area contributed by atoms with Crippen LogP contribution in [0, 0.1) is 0 Å². The molecule has 0 fully saturated rings. The van der Waals surface area contributed by atoms with Gasteiger partial charge in [-0.1, -0.05) is 42.5 Å². The second-order valence-corrected chi connectivity index (χ2v) is 8.69. The summed E-state index contributed by atoms with van der Waals surface area (Å²) in [5, 5.41) is 3.53. The molecule has 6 heteroatoms. The molecule has 1 atom stereocenters. The normalized spacial score (nSPS) is 15.3. The first-order valence-corrected chi connectivity index (χ1v) is 11.3. The van der Waals surface area contributed by atoms with Crippen molar-refractivity contribution in [2.24, 2.45) is 4.99 Å². The number of halogens is 1. The fourth-order valence-electron chi connectivity index (χ4n) is 4.09. The summed E-state index contributed by atoms with van der Waals surface area (Å²) in [7, 11) is 0. The van der Waals surface area contributed by atoms with Crippen molar-refractivity contribution in [1.82, 2.24) is 5.32 Å². The van der Waals surface area contributed by atoms with Gasteiger partial charge < -0.3 is 5.32 Å². The van der Waals surface area contributed by atoms with Gasteiger partial charge in [-0.3, -0.25) is 9.69 Å². The van der Waals surface area contributed by atoms with Crippen LogP contribution in [0.25, 0.3) is 0 Å². The molecule has 156 valence electrons. The number of rotatable bonds is 4. The van der Waals surface area contributed by atoms with Gasteiger partial charge in [0.2, 0.25) is 5.50 Å². The molecule has 0 aromatic heterocycles. The van der Waals surface area contributed by atoms with Crippen molar-refractivity contribution in [2.45, 2.75) is 31.3 Å². The Labute approximate surface area is 185 Å². The molecular formula is C25H22FN3OS. The lowest BCUT2D eigenvalue weighted by Gasteiger charge is -2.26. The molecule has 5 rings (SSSR count). The van der Waals surface area contributed by atoms with Gasteiger partial charge in [0.05, 0.1) is 5.69 Å². The van der Waals surface area contributed by atoms with Crippen molar-refractivity contribution in [3.8, 4) is 0 Å². The Hall–Kier alpha value is -3.12. The molecule has 0 bridgehead atoms. The first kappa shape index (κ1) is 19.8. The van der Waals surface area contributed by atoms with E-state index in [4.69, 9.17) is 0 Å². The highest BCUT2D eigenvalue weighted by atomic mass is 32.2. The van der Waals surface area contributed by atoms with E-state index in [1.165, 1.54) is 16.0 Å². The van der Waals surface area contributed by atoms with E-state index in [1.807, 2.05) is 66.7 Å². The Morgan fingerprint density at radius 1 is 0.935 bits per heavy atom. The Kier molecular flexibility index (Phi) is 5.47. The van der Waals surface area contributed by atoms with Crippen molar-refractivity contribution in [2.75, 3.05) is 4.90 Å². The third-order valence-electron chi connectivity index (χ3n) is 5.63. The molecule has 1 aliphatic carbocycles. The Morgan fingerprint density at radius 2 is 1.71 bits per heavy atom. The standard InChI is InChI=1S/C25H22FN3OS/c26-23(31-25-27-16-19-7-4-5-12-22(19)28-25)24(30)29(20-10-2-1-3-11-20)21-14-13-17-8-6-9-18(17)15-21/h1-5,7,10-15,23H,6,8-9,16H2,(H,27,28). The first-order chi connectivity index (χ1) is 15.2. The summed E-state index contributed by atoms with van der Waals surface area (Å²) in [5.41, 5.74) is 3.98. The lowest BCUT2D eigenvalue weighted by atomic mass is 10.1. The number of nitrogens with one attached hydrogen (secondary N) is 1. The van der Waals surface area contributed by atoms with Crippen LogP contribution in [0.1, 0.15) is 23.1 Å². The molecule has 0 spiro atoms. The second kappa shape index (κ2) is 8.55. The fourth-order valence-corrected chi connectivity index (χ4v) is 4.79. The van der Waals surface area contributed by atoms with Crippen molar-refractivity contribution in [3.63, 3.8) is 0 Å². The molecular weight excluding hydrogens is 409 g/mol. The van der Waals surface area contributed by atoms with E-state index in [-0.39, 0.29) is 0 Å². The molecule has 1 amide bonds. The number of benzene rings is 3. The zero-order chi connectivity index (χ0) is 21.2. The maximum absolute atomic E-state index is 15.3. The predicted octanol–water partition coefficient (Wildman–Crippen LogP) is 5.66. The highest BCUT2D eigenvalue weighted by Gasteiger charge is 2.30. The van der Waals surface area contributed by atoms with Crippen LogP contribution in [0.15, 0.2) is 77.8 Å². The number of thioether (sulfide) groups is 1. The number of aliphatic imine (C=N–C) groups is 1. The molecule has 1 aliphatic heterocycles. The minimum Gasteiger partial charge on any atom is -0.360 e. The zero-order valence-corrected chi connectivity index (χ0v) is 17.7. The molecule has 3 aromatic rings. The van der Waals surface area contributed by atoms with Gasteiger partial charge in [-0.05, 0) is 78.0 Å². The summed E-state index contributed by atoms with van der Waals surface area (Å²) >= 11 is 0.816. The number of para-hydroxylation sites is 2. The van der Waals surface area contributed by atoms with Crippen LogP contribution < -0.4 is 10.2 Å². The lowest BCUT2D eigenvalue weighted by molar-refractivity contribution is -0.119. The largest absolute Gasteiger partial charge is 0.360 e. The number of alkyl halides is 1. The number of carbonyl (C=O) groups excluding carboxylic acids is 1. The summed E-state index contributed by atoms with van der Waals surface area (Å²) in [6.45, 7) is 0.566. The predicted molar refractivity (Wildman–Crippen MR) is 125 cm³/mol. The number of anilines is 2. The molecule has 2 aliphatic rings. The lowest BCUT2D eigenvalue weighted by Crippen LogP contribution is -2.34. The van der Waals surface area contributed by atoms with Crippen LogP contribution in [0.5, 0.6) is 0 Å². The maximum Gasteiger partial charge on any atom is 0.277 e. The number of nitrogens with zero attached hydrogens (tertiary/aromatic N) is 2. The minimum absolute atomic E-state index is 0.418. The van der Waals surface area contributed by atoms with Gasteiger partial charge in [-0.2, -0.15) is 0 Å². The molecule has 1 N–H and O–H groups in total. The molecule has 0 radical (unpaired) electrons. The smallest absolute Gasteiger partial charge is 0.277 e. The van der Waals surface area contributed by atoms with Gasteiger partial charge in [0.15, 0.2) is 5.17 Å². The number of amidine groups is 1. The van der Waals surface area contributed by atoms with Gasteiger partial charge in [0, 0.05) is 17.9 Å². The van der Waals surface area contributed by atoms with Crippen molar-refractivity contribution >= 4 is 39.9 Å². The van der Waals surface area contributed by atoms with E-state index in [2.05, 4.69) is 16.4 Å². The zero-order valence-electron chi connectivity index (χ0n) is 16.9. The number of hydrogen-bond donors (Lipinski definition) is 1. The van der Waals surface area contributed by atoms with Crippen molar-refractivity contribution in [1.29, 1.82) is 0 Å². The summed E-state index contributed by atoms with van der Waals surface area (Å²) in [4.78, 5) is 19.3. The fraction of sp³-hybridized carbons (Fsp3) is 0.200. The first-order valence-electron chi connectivity index (χ1n) is 10.4. The highest BCUT2D eigenvalue weighted by Crippen LogP contribution is 2.34. The SMILES string of the molecule is O=C(C(F)SC1=Nc2ccccc2CN1)N(c1ccccc1)c1ccc2c(c1)CCC2. The van der Waals surface area contributed by atoms with Crippen molar-refractivity contribution in [3.05, 3.63) is 89.5 Å². The second-order valence-electron chi connectivity index (χ2n) is 7.65. The number of hydrogen-bond acceptors (Lipinski definition) is 4. The van der Waals surface area contributed by atoms with Gasteiger partial charge in [-0.15, -0.1) is 0 Å². The Morgan fingerprint density at radius 3 is 2.58 bits per heavy atom. The van der Waals surface area contributed by atoms with E-state index < -0.39 is 11.4 Å².